The zero-order valence-electron chi connectivity index (χ0n) is 34.7. The molecule has 4 aromatic rings. The van der Waals surface area contributed by atoms with Gasteiger partial charge < -0.3 is 18.0 Å². The molecule has 0 unspecified atom stereocenters. The first-order chi connectivity index (χ1) is 23.8. The largest absolute Gasteiger partial charge is 0.414 e. The Kier molecular flexibility index (Phi) is 10.2. The Morgan fingerprint density at radius 3 is 1.92 bits per heavy atom. The highest BCUT2D eigenvalue weighted by Crippen LogP contribution is 2.47. The van der Waals surface area contributed by atoms with Crippen LogP contribution < -0.4 is 0 Å². The molecule has 4 heterocycles. The standard InChI is InChI=1S/C37H61N7O4Si3/c1-25-17-19-26(20-18-25)27-21-44(42-41-27)33-29-32(38-23-39-33)43(24-40-29)34-31(48-51(15,16)37(8,9)10)30(47-50(13,14)36(5,6)7)28(46-34)22-45-49(11,12)35(2,3)4/h17-21,23-24,28,30-31,34H,22H2,1-16H3/t28-,30-,31-,34-/m1/s1/i21D. The van der Waals surface area contributed by atoms with Crippen LogP contribution in [0.15, 0.2) is 43.1 Å². The number of aromatic nitrogens is 7. The van der Waals surface area contributed by atoms with Crippen LogP contribution >= 0.6 is 0 Å². The van der Waals surface area contributed by atoms with Crippen LogP contribution in [0.5, 0.6) is 0 Å². The van der Waals surface area contributed by atoms with Crippen LogP contribution in [0.25, 0.3) is 28.2 Å². The first-order valence-corrected chi connectivity index (χ1v) is 26.8. The van der Waals surface area contributed by atoms with E-state index in [4.69, 9.17) is 29.4 Å². The summed E-state index contributed by atoms with van der Waals surface area (Å²) in [4.78, 5) is 14.1. The molecule has 0 radical (unpaired) electrons. The number of rotatable bonds is 10. The zero-order chi connectivity index (χ0) is 38.8. The smallest absolute Gasteiger partial charge is 0.192 e. The molecule has 3 aromatic heterocycles. The van der Waals surface area contributed by atoms with Gasteiger partial charge in [0.15, 0.2) is 48.2 Å². The Hall–Kier alpha value is -2.60. The van der Waals surface area contributed by atoms with Crippen LogP contribution in [0.2, 0.25) is 54.4 Å². The number of benzene rings is 1. The van der Waals surface area contributed by atoms with Gasteiger partial charge in [0.05, 0.1) is 20.5 Å². The van der Waals surface area contributed by atoms with Crippen LogP contribution in [-0.4, -0.2) is 84.4 Å². The second kappa shape index (κ2) is 13.7. The van der Waals surface area contributed by atoms with E-state index in [9.17, 15) is 0 Å². The van der Waals surface area contributed by atoms with E-state index in [1.807, 2.05) is 35.8 Å². The van der Waals surface area contributed by atoms with E-state index in [2.05, 4.69) is 117 Å². The van der Waals surface area contributed by atoms with Crippen LogP contribution in [-0.2, 0) is 18.0 Å². The van der Waals surface area contributed by atoms with Crippen molar-refractivity contribution in [2.75, 3.05) is 6.61 Å². The molecular formula is C37H61N7O4Si3. The van der Waals surface area contributed by atoms with E-state index in [1.54, 1.807) is 6.33 Å². The van der Waals surface area contributed by atoms with Crippen molar-refractivity contribution >= 4 is 36.1 Å². The second-order valence-corrected chi connectivity index (χ2v) is 33.0. The summed E-state index contributed by atoms with van der Waals surface area (Å²) in [5.41, 5.74) is 3.42. The van der Waals surface area contributed by atoms with Crippen molar-refractivity contribution in [2.24, 2.45) is 0 Å². The molecule has 14 heteroatoms. The van der Waals surface area contributed by atoms with E-state index >= 15 is 0 Å². The molecule has 51 heavy (non-hydrogen) atoms. The molecule has 280 valence electrons. The number of hydrogen-bond donors (Lipinski definition) is 0. The molecular weight excluding hydrogens is 691 g/mol. The highest BCUT2D eigenvalue weighted by molar-refractivity contribution is 6.75. The van der Waals surface area contributed by atoms with Gasteiger partial charge in [-0.3, -0.25) is 4.57 Å². The van der Waals surface area contributed by atoms with E-state index < -0.39 is 49.5 Å². The lowest BCUT2D eigenvalue weighted by atomic mass is 10.1. The summed E-state index contributed by atoms with van der Waals surface area (Å²) < 4.78 is 41.0. The summed E-state index contributed by atoms with van der Waals surface area (Å²) in [6, 6.07) is 7.88. The molecule has 0 N–H and O–H groups in total. The Bertz CT molecular complexity index is 1870. The molecule has 4 atom stereocenters. The van der Waals surface area contributed by atoms with Gasteiger partial charge in [0.1, 0.15) is 30.3 Å². The summed E-state index contributed by atoms with van der Waals surface area (Å²) in [5.74, 6) is 0.367. The summed E-state index contributed by atoms with van der Waals surface area (Å²) in [7, 11) is -6.82. The van der Waals surface area contributed by atoms with Crippen LogP contribution in [0.3, 0.4) is 0 Å². The van der Waals surface area contributed by atoms with E-state index in [-0.39, 0.29) is 21.3 Å². The maximum absolute atomic E-state index is 9.00. The molecule has 1 saturated heterocycles. The Labute approximate surface area is 309 Å². The number of fused-ring (bicyclic) bond motifs is 1. The van der Waals surface area contributed by atoms with Crippen LogP contribution in [0.1, 0.15) is 75.5 Å². The van der Waals surface area contributed by atoms with E-state index in [0.29, 0.717) is 29.3 Å². The summed E-state index contributed by atoms with van der Waals surface area (Å²) in [6.45, 7) is 36.3. The van der Waals surface area contributed by atoms with Gasteiger partial charge >= 0.3 is 0 Å². The van der Waals surface area contributed by atoms with Gasteiger partial charge in [0.25, 0.3) is 0 Å². The summed E-state index contributed by atoms with van der Waals surface area (Å²) in [5, 5.41) is 8.64. The van der Waals surface area contributed by atoms with Crippen molar-refractivity contribution < 1.29 is 19.4 Å². The lowest BCUT2D eigenvalue weighted by Gasteiger charge is -2.44. The lowest BCUT2D eigenvalue weighted by molar-refractivity contribution is -0.0470. The van der Waals surface area contributed by atoms with Gasteiger partial charge in [-0.05, 0) is 61.3 Å². The number of imidazole rings is 1. The van der Waals surface area contributed by atoms with Gasteiger partial charge in [-0.15, -0.1) is 5.10 Å². The number of ether oxygens (including phenoxy) is 1. The summed E-state index contributed by atoms with van der Waals surface area (Å²) >= 11 is 0. The minimum atomic E-state index is -2.37. The van der Waals surface area contributed by atoms with Gasteiger partial charge in [0.2, 0.25) is 0 Å². The molecule has 0 bridgehead atoms. The third-order valence-electron chi connectivity index (χ3n) is 11.8. The summed E-state index contributed by atoms with van der Waals surface area (Å²) in [6.07, 6.45) is 1.45. The Morgan fingerprint density at radius 1 is 0.784 bits per heavy atom. The number of hydrogen-bond acceptors (Lipinski definition) is 9. The molecule has 11 nitrogen and oxygen atoms in total. The molecule has 0 spiro atoms. The number of aryl methyl sites for hydroxylation is 1. The minimum absolute atomic E-state index is 0.0308. The fourth-order valence-electron chi connectivity index (χ4n) is 5.22. The molecule has 1 aromatic carbocycles. The quantitative estimate of drug-likeness (QED) is 0.147. The predicted octanol–water partition coefficient (Wildman–Crippen LogP) is 9.08. The molecule has 1 aliphatic rings. The fourth-order valence-corrected chi connectivity index (χ4v) is 8.84. The highest BCUT2D eigenvalue weighted by atomic mass is 28.4. The normalized spacial score (nSPS) is 21.5. The van der Waals surface area contributed by atoms with Crippen molar-refractivity contribution in [1.82, 2.24) is 34.5 Å². The van der Waals surface area contributed by atoms with Gasteiger partial charge in [-0.1, -0.05) is 97.4 Å². The van der Waals surface area contributed by atoms with Gasteiger partial charge in [-0.25, -0.2) is 15.0 Å². The molecule has 1 fully saturated rings. The average Bonchev–Trinajstić information content (AvgIpc) is 3.70. The monoisotopic (exact) mass is 752 g/mol. The SMILES string of the molecule is [2H]c1c(-c2ccc(C)cc2)nnn1-c1ncnc2c1ncn2[C@@H]1O[C@H](CO[Si](C)(C)C(C)(C)C)[C@@H](O[Si](C)(C)C(C)(C)C)[C@H]1O[Si](C)(C)C(C)(C)C. The predicted molar refractivity (Wildman–Crippen MR) is 212 cm³/mol. The molecule has 0 saturated carbocycles. The first-order valence-electron chi connectivity index (χ1n) is 18.6. The van der Waals surface area contributed by atoms with Crippen molar-refractivity contribution in [1.29, 1.82) is 0 Å². The lowest BCUT2D eigenvalue weighted by Crippen LogP contribution is -2.54. The molecule has 0 aliphatic carbocycles. The molecule has 5 rings (SSSR count). The third-order valence-corrected chi connectivity index (χ3v) is 25.2. The topological polar surface area (TPSA) is 111 Å². The highest BCUT2D eigenvalue weighted by Gasteiger charge is 2.55. The Morgan fingerprint density at radius 2 is 1.35 bits per heavy atom. The van der Waals surface area contributed by atoms with Crippen molar-refractivity contribution in [3.63, 3.8) is 0 Å². The molecule has 0 amide bonds. The zero-order valence-corrected chi connectivity index (χ0v) is 36.7. The van der Waals surface area contributed by atoms with Crippen LogP contribution in [0, 0.1) is 6.92 Å². The number of nitrogens with zero attached hydrogens (tertiary/aromatic N) is 7. The third kappa shape index (κ3) is 8.02. The fraction of sp³-hybridized carbons (Fsp3) is 0.649. The average molecular weight is 753 g/mol. The Balaban J connectivity index is 1.62. The van der Waals surface area contributed by atoms with Crippen molar-refractivity contribution in [2.45, 2.75) is 148 Å². The van der Waals surface area contributed by atoms with Gasteiger partial charge in [-0.2, -0.15) is 4.68 Å². The maximum atomic E-state index is 9.00. The second-order valence-electron chi connectivity index (χ2n) is 18.7. The van der Waals surface area contributed by atoms with E-state index in [1.165, 1.54) is 11.0 Å². The van der Waals surface area contributed by atoms with Crippen molar-refractivity contribution in [3.05, 3.63) is 48.7 Å². The van der Waals surface area contributed by atoms with E-state index in [0.717, 1.165) is 11.1 Å². The van der Waals surface area contributed by atoms with Crippen molar-refractivity contribution in [3.8, 4) is 17.1 Å². The first kappa shape index (κ1) is 38.1. The minimum Gasteiger partial charge on any atom is -0.414 e. The molecule has 1 aliphatic heterocycles. The van der Waals surface area contributed by atoms with Crippen LogP contribution in [0.4, 0.5) is 0 Å². The maximum Gasteiger partial charge on any atom is 0.192 e. The van der Waals surface area contributed by atoms with Gasteiger partial charge in [0, 0.05) is 5.56 Å².